The summed E-state index contributed by atoms with van der Waals surface area (Å²) in [6, 6.07) is 11.7. The average Bonchev–Trinajstić information content (AvgIpc) is 3.78. The van der Waals surface area contributed by atoms with E-state index >= 15 is 0 Å². The molecule has 0 unspecified atom stereocenters. The summed E-state index contributed by atoms with van der Waals surface area (Å²) < 4.78 is 11.0. The van der Waals surface area contributed by atoms with Gasteiger partial charge in [0.15, 0.2) is 0 Å². The fourth-order valence-corrected chi connectivity index (χ4v) is 9.97. The molecular weight excluding hydrogens is 834 g/mol. The number of anilines is 4. The molecule has 0 spiro atoms. The molecule has 61 heavy (non-hydrogen) atoms. The molecule has 12 nitrogen and oxygen atoms in total. The van der Waals surface area contributed by atoms with Crippen LogP contribution in [0, 0.1) is 23.7 Å². The molecule has 4 aliphatic rings. The molecule has 7 rings (SSSR count). The predicted octanol–water partition coefficient (Wildman–Crippen LogP) is 10.7. The van der Waals surface area contributed by atoms with Crippen LogP contribution in [0.15, 0.2) is 47.3 Å². The van der Waals surface area contributed by atoms with Crippen LogP contribution in [0.25, 0.3) is 0 Å². The Morgan fingerprint density at radius 1 is 0.656 bits per heavy atom. The van der Waals surface area contributed by atoms with Gasteiger partial charge < -0.3 is 40.1 Å². The van der Waals surface area contributed by atoms with Crippen molar-refractivity contribution in [1.29, 1.82) is 0 Å². The van der Waals surface area contributed by atoms with Crippen molar-refractivity contribution < 1.29 is 23.9 Å². The molecule has 4 saturated heterocycles. The van der Waals surface area contributed by atoms with Crippen molar-refractivity contribution in [3.8, 4) is 0 Å². The van der Waals surface area contributed by atoms with Crippen LogP contribution in [0.4, 0.5) is 32.3 Å². The highest BCUT2D eigenvalue weighted by Crippen LogP contribution is 2.37. The number of likely N-dealkylation sites (tertiary alicyclic amines) is 2. The zero-order valence-electron chi connectivity index (χ0n) is 36.8. The minimum atomic E-state index is -0.450. The molecule has 3 amide bonds. The number of ether oxygens (including phenoxy) is 2. The Labute approximate surface area is 376 Å². The monoisotopic (exact) mass is 897 g/mol. The lowest BCUT2D eigenvalue weighted by Gasteiger charge is -2.41. The van der Waals surface area contributed by atoms with Gasteiger partial charge in [-0.05, 0) is 153 Å². The highest BCUT2D eigenvalue weighted by atomic mass is 35.5. The summed E-state index contributed by atoms with van der Waals surface area (Å²) in [5.74, 6) is 2.54. The number of nitrogens with one attached hydrogen (secondary N) is 1. The van der Waals surface area contributed by atoms with Gasteiger partial charge in [-0.15, -0.1) is 11.3 Å². The Morgan fingerprint density at radius 3 is 1.44 bits per heavy atom. The number of hydrogen-bond acceptors (Lipinski definition) is 10. The van der Waals surface area contributed by atoms with Crippen molar-refractivity contribution in [1.82, 2.24) is 14.8 Å². The number of rotatable bonds is 6. The molecule has 0 bridgehead atoms. The van der Waals surface area contributed by atoms with Crippen molar-refractivity contribution in [3.05, 3.63) is 63.0 Å². The van der Waals surface area contributed by atoms with E-state index in [9.17, 15) is 14.4 Å². The highest BCUT2D eigenvalue weighted by molar-refractivity contribution is 7.07. The van der Waals surface area contributed by atoms with Gasteiger partial charge >= 0.3 is 12.2 Å². The van der Waals surface area contributed by atoms with E-state index < -0.39 is 11.2 Å². The van der Waals surface area contributed by atoms with Gasteiger partial charge in [-0.25, -0.2) is 14.6 Å². The highest BCUT2D eigenvalue weighted by Gasteiger charge is 2.34. The first-order chi connectivity index (χ1) is 28.9. The van der Waals surface area contributed by atoms with Crippen molar-refractivity contribution >= 4 is 75.4 Å². The lowest BCUT2D eigenvalue weighted by molar-refractivity contribution is 0.0142. The van der Waals surface area contributed by atoms with Gasteiger partial charge in [0.05, 0.1) is 26.9 Å². The second-order valence-corrected chi connectivity index (χ2v) is 20.5. The van der Waals surface area contributed by atoms with Crippen LogP contribution in [-0.2, 0) is 9.47 Å². The van der Waals surface area contributed by atoms with Gasteiger partial charge in [0, 0.05) is 69.1 Å². The number of hydrogen-bond donors (Lipinski definition) is 2. The molecule has 0 radical (unpaired) electrons. The van der Waals surface area contributed by atoms with Crippen LogP contribution in [0.3, 0.4) is 0 Å². The number of amides is 3. The third-order valence-corrected chi connectivity index (χ3v) is 13.6. The summed E-state index contributed by atoms with van der Waals surface area (Å²) in [6.45, 7) is 18.7. The molecule has 3 aromatic rings. The van der Waals surface area contributed by atoms with Crippen LogP contribution in [0.2, 0.25) is 10.0 Å². The van der Waals surface area contributed by atoms with E-state index in [0.717, 1.165) is 108 Å². The van der Waals surface area contributed by atoms with Gasteiger partial charge in [-0.3, -0.25) is 4.79 Å². The Morgan fingerprint density at radius 2 is 1.07 bits per heavy atom. The number of aromatic nitrogens is 1. The van der Waals surface area contributed by atoms with Gasteiger partial charge in [-0.1, -0.05) is 23.2 Å². The number of carbonyl (C=O) groups excluding carboxylic acids is 3. The van der Waals surface area contributed by atoms with E-state index in [0.29, 0.717) is 44.9 Å². The summed E-state index contributed by atoms with van der Waals surface area (Å²) in [6.07, 6.45) is 8.55. The lowest BCUT2D eigenvalue weighted by atomic mass is 9.79. The minimum Gasteiger partial charge on any atom is -0.444 e. The van der Waals surface area contributed by atoms with Crippen molar-refractivity contribution in [3.63, 3.8) is 0 Å². The smallest absolute Gasteiger partial charge is 0.410 e. The quantitative estimate of drug-likeness (QED) is 0.232. The number of thiazole rings is 1. The van der Waals surface area contributed by atoms with Gasteiger partial charge in [-0.2, -0.15) is 0 Å². The maximum atomic E-state index is 12.3. The largest absolute Gasteiger partial charge is 0.444 e. The van der Waals surface area contributed by atoms with Crippen LogP contribution in [0.1, 0.15) is 103 Å². The second-order valence-electron chi connectivity index (χ2n) is 19.0. The topological polar surface area (TPSA) is 134 Å². The van der Waals surface area contributed by atoms with Gasteiger partial charge in [0.2, 0.25) is 0 Å². The minimum absolute atomic E-state index is 0.170. The summed E-state index contributed by atoms with van der Waals surface area (Å²) in [4.78, 5) is 49.3. The van der Waals surface area contributed by atoms with Crippen LogP contribution >= 0.6 is 34.5 Å². The normalized spacial score (nSPS) is 19.0. The zero-order chi connectivity index (χ0) is 43.9. The SMILES string of the molecule is CC(C)(C)OC(=O)N1CCC(C2CCN(c3ccc(N)c(Cl)c3)CC2)CC1.CC(C)(C)OC(=O)N1CCC(C2CCN(c3ccc(NC(=O)c4cscn4)c(Cl)c3)CC2)CC1. The van der Waals surface area contributed by atoms with Crippen LogP contribution < -0.4 is 20.9 Å². The Hall–Kier alpha value is -3.94. The molecule has 4 aliphatic heterocycles. The maximum Gasteiger partial charge on any atom is 0.410 e. The van der Waals surface area contributed by atoms with E-state index in [1.807, 2.05) is 81.7 Å². The molecule has 334 valence electrons. The number of piperidine rings is 4. The van der Waals surface area contributed by atoms with E-state index in [1.54, 1.807) is 10.9 Å². The molecule has 5 heterocycles. The lowest BCUT2D eigenvalue weighted by Crippen LogP contribution is -2.44. The average molecular weight is 899 g/mol. The van der Waals surface area contributed by atoms with Crippen molar-refractivity contribution in [2.45, 2.75) is 104 Å². The summed E-state index contributed by atoms with van der Waals surface area (Å²) >= 11 is 14.0. The fraction of sp³-hybridized carbons (Fsp3) is 0.609. The van der Waals surface area contributed by atoms with Crippen LogP contribution in [-0.4, -0.2) is 96.4 Å². The fourth-order valence-electron chi connectivity index (χ4n) is 9.04. The molecule has 0 atom stereocenters. The number of carbonyl (C=O) groups is 3. The summed E-state index contributed by atoms with van der Waals surface area (Å²) in [5, 5.41) is 5.70. The van der Waals surface area contributed by atoms with E-state index in [2.05, 4.69) is 26.2 Å². The number of nitrogens with two attached hydrogens (primary N) is 1. The van der Waals surface area contributed by atoms with Crippen molar-refractivity contribution in [2.24, 2.45) is 23.7 Å². The zero-order valence-corrected chi connectivity index (χ0v) is 39.1. The van der Waals surface area contributed by atoms with Gasteiger partial charge in [0.25, 0.3) is 5.91 Å². The Kier molecular flexibility index (Phi) is 15.6. The summed E-state index contributed by atoms with van der Waals surface area (Å²) in [7, 11) is 0. The number of nitrogens with zero attached hydrogens (tertiary/aromatic N) is 5. The first kappa shape index (κ1) is 46.6. The molecule has 3 N–H and O–H groups in total. The molecule has 0 aliphatic carbocycles. The molecule has 2 aromatic carbocycles. The molecule has 1 aromatic heterocycles. The van der Waals surface area contributed by atoms with Gasteiger partial charge in [0.1, 0.15) is 16.9 Å². The molecule has 4 fully saturated rings. The summed E-state index contributed by atoms with van der Waals surface area (Å²) in [5.41, 5.74) is 10.4. The van der Waals surface area contributed by atoms with E-state index in [-0.39, 0.29) is 18.1 Å². The maximum absolute atomic E-state index is 12.3. The Bertz CT molecular complexity index is 1920. The van der Waals surface area contributed by atoms with E-state index in [1.165, 1.54) is 24.2 Å². The molecular formula is C46H65Cl2N7O5S. The number of benzene rings is 2. The second kappa shape index (κ2) is 20.5. The molecule has 0 saturated carbocycles. The third-order valence-electron chi connectivity index (χ3n) is 12.4. The Balaban J connectivity index is 0.000000210. The first-order valence-electron chi connectivity index (χ1n) is 21.9. The van der Waals surface area contributed by atoms with Crippen molar-refractivity contribution in [2.75, 3.05) is 73.2 Å². The van der Waals surface area contributed by atoms with Crippen LogP contribution in [0.5, 0.6) is 0 Å². The first-order valence-corrected chi connectivity index (χ1v) is 23.6. The molecule has 15 heteroatoms. The third kappa shape index (κ3) is 13.3. The number of halogens is 2. The standard InChI is InChI=1S/C25H33ClN4O3S.C21H32ClN3O2/c1-25(2,3)33-24(32)30-12-8-18(9-13-30)17-6-10-29(11-7-17)19-4-5-21(20(26)14-19)28-23(31)22-15-34-16-27-22;1-21(2,3)27-20(26)25-12-8-16(9-13-25)15-6-10-24(11-7-15)17-4-5-19(23)18(22)14-17/h4-5,14-18H,6-13H2,1-3H3,(H,28,31);4-5,14-16H,6-13,23H2,1-3H3. The number of nitrogen functional groups attached to an aromatic ring is 1. The van der Waals surface area contributed by atoms with E-state index in [4.69, 9.17) is 38.4 Å². The predicted molar refractivity (Wildman–Crippen MR) is 248 cm³/mol.